The molecule has 0 N–H and O–H groups in total. The quantitative estimate of drug-likeness (QED) is 0.818. The Labute approximate surface area is 155 Å². The van der Waals surface area contributed by atoms with Crippen molar-refractivity contribution in [2.45, 2.75) is 57.8 Å². The predicted octanol–water partition coefficient (Wildman–Crippen LogP) is 2.17. The van der Waals surface area contributed by atoms with Crippen LogP contribution in [0.4, 0.5) is 5.95 Å². The van der Waals surface area contributed by atoms with E-state index in [1.165, 1.54) is 12.8 Å². The largest absolute Gasteiger partial charge is 0.379 e. The predicted molar refractivity (Wildman–Crippen MR) is 96.2 cm³/mol. The van der Waals surface area contributed by atoms with Crippen molar-refractivity contribution in [2.24, 2.45) is 11.3 Å². The van der Waals surface area contributed by atoms with E-state index in [0.29, 0.717) is 11.3 Å². The molecule has 3 aliphatic heterocycles. The first-order valence-electron chi connectivity index (χ1n) is 10.2. The minimum atomic E-state index is 0.0516. The molecule has 1 spiro atoms. The maximum atomic E-state index is 6.03. The number of anilines is 1. The van der Waals surface area contributed by atoms with E-state index in [1.54, 1.807) is 0 Å². The fourth-order valence-electron chi connectivity index (χ4n) is 4.59. The van der Waals surface area contributed by atoms with Gasteiger partial charge in [-0.25, -0.2) is 0 Å². The average molecular weight is 362 g/mol. The van der Waals surface area contributed by atoms with Crippen molar-refractivity contribution in [1.29, 1.82) is 0 Å². The second-order valence-corrected chi connectivity index (χ2v) is 8.64. The van der Waals surface area contributed by atoms with E-state index in [2.05, 4.69) is 26.6 Å². The van der Waals surface area contributed by atoms with Gasteiger partial charge in [-0.3, -0.25) is 4.57 Å². The Bertz CT molecular complexity index is 639. The summed E-state index contributed by atoms with van der Waals surface area (Å²) in [5.74, 6) is 2.45. The summed E-state index contributed by atoms with van der Waals surface area (Å²) in [4.78, 5) is 2.39. The molecule has 1 aromatic heterocycles. The first-order chi connectivity index (χ1) is 12.7. The standard InChI is InChI=1S/C19H30N4O3/c1-14-4-9-26-16(14)17-20-21-18(23(17)11-15-3-2-8-25-15)22-7-10-24-13-19(12-22)5-6-19/h14-16H,2-13H2,1H3/t14-,15?,16+/m0/s1. The average Bonchev–Trinajstić information content (AvgIpc) is 2.98. The molecule has 5 rings (SSSR count). The lowest BCUT2D eigenvalue weighted by atomic mass is 10.0. The lowest BCUT2D eigenvalue weighted by Gasteiger charge is -2.26. The molecule has 0 amide bonds. The molecule has 3 atom stereocenters. The lowest BCUT2D eigenvalue weighted by molar-refractivity contribution is 0.0728. The number of rotatable bonds is 4. The minimum absolute atomic E-state index is 0.0516. The van der Waals surface area contributed by atoms with Gasteiger partial charge in [0.05, 0.1) is 25.9 Å². The maximum absolute atomic E-state index is 6.03. The van der Waals surface area contributed by atoms with Gasteiger partial charge in [-0.1, -0.05) is 6.92 Å². The number of ether oxygens (including phenoxy) is 3. The third-order valence-corrected chi connectivity index (χ3v) is 6.49. The normalized spacial score (nSPS) is 33.7. The number of hydrogen-bond donors (Lipinski definition) is 0. The molecule has 0 bridgehead atoms. The van der Waals surface area contributed by atoms with Crippen molar-refractivity contribution in [1.82, 2.24) is 14.8 Å². The molecular formula is C19H30N4O3. The Morgan fingerprint density at radius 3 is 2.77 bits per heavy atom. The maximum Gasteiger partial charge on any atom is 0.227 e. The van der Waals surface area contributed by atoms with Crippen LogP contribution in [-0.2, 0) is 20.8 Å². The molecule has 0 radical (unpaired) electrons. The number of nitrogens with zero attached hydrogens (tertiary/aromatic N) is 4. The highest BCUT2D eigenvalue weighted by Gasteiger charge is 2.46. The smallest absolute Gasteiger partial charge is 0.227 e. The zero-order chi connectivity index (χ0) is 17.6. The highest BCUT2D eigenvalue weighted by atomic mass is 16.5. The van der Waals surface area contributed by atoms with Gasteiger partial charge in [-0.15, -0.1) is 10.2 Å². The molecule has 4 aliphatic rings. The van der Waals surface area contributed by atoms with Crippen LogP contribution in [0, 0.1) is 11.3 Å². The molecule has 1 aromatic rings. The summed E-state index contributed by atoms with van der Waals surface area (Å²) in [6.07, 6.45) is 6.19. The van der Waals surface area contributed by atoms with Gasteiger partial charge in [-0.05, 0) is 38.0 Å². The summed E-state index contributed by atoms with van der Waals surface area (Å²) in [7, 11) is 0. The summed E-state index contributed by atoms with van der Waals surface area (Å²) >= 11 is 0. The van der Waals surface area contributed by atoms with Gasteiger partial charge in [0, 0.05) is 31.7 Å². The Balaban J connectivity index is 1.46. The van der Waals surface area contributed by atoms with Crippen LogP contribution in [0.3, 0.4) is 0 Å². The van der Waals surface area contributed by atoms with Gasteiger partial charge in [0.15, 0.2) is 5.82 Å². The van der Waals surface area contributed by atoms with E-state index < -0.39 is 0 Å². The van der Waals surface area contributed by atoms with Crippen LogP contribution in [0.25, 0.3) is 0 Å². The molecular weight excluding hydrogens is 332 g/mol. The summed E-state index contributed by atoms with van der Waals surface area (Å²) in [5.41, 5.74) is 0.342. The van der Waals surface area contributed by atoms with Gasteiger partial charge in [0.2, 0.25) is 5.95 Å². The topological polar surface area (TPSA) is 61.6 Å². The van der Waals surface area contributed by atoms with Crippen molar-refractivity contribution in [2.75, 3.05) is 44.4 Å². The van der Waals surface area contributed by atoms with E-state index >= 15 is 0 Å². The van der Waals surface area contributed by atoms with E-state index in [0.717, 1.165) is 77.1 Å². The van der Waals surface area contributed by atoms with E-state index in [9.17, 15) is 0 Å². The summed E-state index contributed by atoms with van der Waals surface area (Å²) < 4.78 is 20.1. The fourth-order valence-corrected chi connectivity index (χ4v) is 4.59. The van der Waals surface area contributed by atoms with Crippen molar-refractivity contribution in [3.8, 4) is 0 Å². The van der Waals surface area contributed by atoms with Gasteiger partial charge >= 0.3 is 0 Å². The van der Waals surface area contributed by atoms with Gasteiger partial charge in [0.1, 0.15) is 6.10 Å². The molecule has 144 valence electrons. The molecule has 7 nitrogen and oxygen atoms in total. The highest BCUT2D eigenvalue weighted by Crippen LogP contribution is 2.48. The molecule has 4 heterocycles. The third kappa shape index (κ3) is 3.14. The second kappa shape index (κ2) is 6.77. The summed E-state index contributed by atoms with van der Waals surface area (Å²) in [6.45, 7) is 8.32. The Hall–Kier alpha value is -1.18. The SMILES string of the molecule is C[C@H]1CCO[C@H]1c1nnc(N2CCOCC3(CC3)C2)n1CC1CCCO1. The number of hydrogen-bond acceptors (Lipinski definition) is 6. The van der Waals surface area contributed by atoms with Crippen molar-refractivity contribution >= 4 is 5.95 Å². The van der Waals surface area contributed by atoms with Crippen molar-refractivity contribution in [3.63, 3.8) is 0 Å². The van der Waals surface area contributed by atoms with E-state index in [1.807, 2.05) is 0 Å². The van der Waals surface area contributed by atoms with Crippen LogP contribution in [0.15, 0.2) is 0 Å². The summed E-state index contributed by atoms with van der Waals surface area (Å²) in [6, 6.07) is 0. The van der Waals surface area contributed by atoms with Crippen LogP contribution in [0.5, 0.6) is 0 Å². The molecule has 0 aromatic carbocycles. The molecule has 26 heavy (non-hydrogen) atoms. The monoisotopic (exact) mass is 362 g/mol. The van der Waals surface area contributed by atoms with Crippen molar-refractivity contribution < 1.29 is 14.2 Å². The summed E-state index contributed by atoms with van der Waals surface area (Å²) in [5, 5.41) is 9.26. The van der Waals surface area contributed by atoms with Crippen molar-refractivity contribution in [3.05, 3.63) is 5.82 Å². The van der Waals surface area contributed by atoms with Crippen LogP contribution < -0.4 is 4.90 Å². The van der Waals surface area contributed by atoms with Crippen LogP contribution in [0.2, 0.25) is 0 Å². The van der Waals surface area contributed by atoms with Crippen LogP contribution >= 0.6 is 0 Å². The van der Waals surface area contributed by atoms with Crippen LogP contribution in [0.1, 0.15) is 51.0 Å². The molecule has 1 unspecified atom stereocenters. The van der Waals surface area contributed by atoms with Gasteiger partial charge in [-0.2, -0.15) is 0 Å². The zero-order valence-corrected chi connectivity index (χ0v) is 15.7. The third-order valence-electron chi connectivity index (χ3n) is 6.49. The van der Waals surface area contributed by atoms with Gasteiger partial charge < -0.3 is 19.1 Å². The second-order valence-electron chi connectivity index (χ2n) is 8.64. The Morgan fingerprint density at radius 2 is 2.04 bits per heavy atom. The number of aromatic nitrogens is 3. The first-order valence-corrected chi connectivity index (χ1v) is 10.2. The molecule has 7 heteroatoms. The fraction of sp³-hybridized carbons (Fsp3) is 0.895. The molecule has 1 saturated carbocycles. The molecule has 4 fully saturated rings. The Kier molecular flexibility index (Phi) is 4.41. The minimum Gasteiger partial charge on any atom is -0.379 e. The molecule has 1 aliphatic carbocycles. The lowest BCUT2D eigenvalue weighted by Crippen LogP contribution is -2.34. The first kappa shape index (κ1) is 17.0. The van der Waals surface area contributed by atoms with Gasteiger partial charge in [0.25, 0.3) is 0 Å². The molecule has 3 saturated heterocycles. The van der Waals surface area contributed by atoms with E-state index in [-0.39, 0.29) is 12.2 Å². The zero-order valence-electron chi connectivity index (χ0n) is 15.7. The Morgan fingerprint density at radius 1 is 1.12 bits per heavy atom. The highest BCUT2D eigenvalue weighted by molar-refractivity contribution is 5.34. The van der Waals surface area contributed by atoms with Crippen LogP contribution in [-0.4, -0.2) is 60.4 Å². The van der Waals surface area contributed by atoms with E-state index in [4.69, 9.17) is 14.2 Å².